The SMILES string of the molecule is [O-]N(O)c1cnc2ccccn12. The van der Waals surface area contributed by atoms with Gasteiger partial charge in [0.25, 0.3) is 0 Å². The maximum absolute atomic E-state index is 10.5. The van der Waals surface area contributed by atoms with E-state index in [1.807, 2.05) is 0 Å². The molecule has 0 aliphatic carbocycles. The highest BCUT2D eigenvalue weighted by Crippen LogP contribution is 2.13. The summed E-state index contributed by atoms with van der Waals surface area (Å²) in [6.07, 6.45) is 2.96. The van der Waals surface area contributed by atoms with Crippen LogP contribution in [0.3, 0.4) is 0 Å². The first-order valence-electron chi connectivity index (χ1n) is 3.37. The van der Waals surface area contributed by atoms with Crippen LogP contribution in [0.15, 0.2) is 30.6 Å². The molecule has 0 fully saturated rings. The number of fused-ring (bicyclic) bond motifs is 1. The van der Waals surface area contributed by atoms with Crippen molar-refractivity contribution in [1.29, 1.82) is 0 Å². The van der Waals surface area contributed by atoms with Crippen LogP contribution in [0.25, 0.3) is 5.65 Å². The van der Waals surface area contributed by atoms with E-state index in [2.05, 4.69) is 4.98 Å². The Bertz CT molecular complexity index is 396. The molecule has 0 aromatic carbocycles. The van der Waals surface area contributed by atoms with Crippen molar-refractivity contribution < 1.29 is 5.21 Å². The van der Waals surface area contributed by atoms with Crippen LogP contribution < -0.4 is 5.23 Å². The number of hydrogen-bond donors (Lipinski definition) is 1. The third kappa shape index (κ3) is 0.919. The lowest BCUT2D eigenvalue weighted by Crippen LogP contribution is -2.09. The zero-order valence-electron chi connectivity index (χ0n) is 6.08. The standard InChI is InChI=1S/C7H6N3O2/c11-10(12)7-5-8-6-3-1-2-4-9(6)7/h1-5,11H/q-1. The summed E-state index contributed by atoms with van der Waals surface area (Å²) < 4.78 is 1.49. The average molecular weight is 164 g/mol. The van der Waals surface area contributed by atoms with E-state index in [0.29, 0.717) is 5.65 Å². The molecule has 0 saturated heterocycles. The van der Waals surface area contributed by atoms with E-state index in [0.717, 1.165) is 0 Å². The number of rotatable bonds is 1. The van der Waals surface area contributed by atoms with Crippen LogP contribution in [0.4, 0.5) is 5.82 Å². The van der Waals surface area contributed by atoms with Gasteiger partial charge >= 0.3 is 0 Å². The van der Waals surface area contributed by atoms with Crippen LogP contribution in [0.1, 0.15) is 0 Å². The summed E-state index contributed by atoms with van der Waals surface area (Å²) in [5, 5.41) is 19.0. The van der Waals surface area contributed by atoms with Crippen LogP contribution in [-0.2, 0) is 0 Å². The van der Waals surface area contributed by atoms with Gasteiger partial charge in [-0.3, -0.25) is 9.61 Å². The maximum atomic E-state index is 10.5. The molecule has 5 nitrogen and oxygen atoms in total. The fraction of sp³-hybridized carbons (Fsp3) is 0. The normalized spacial score (nSPS) is 10.5. The number of aromatic nitrogens is 2. The van der Waals surface area contributed by atoms with E-state index in [1.54, 1.807) is 24.4 Å². The van der Waals surface area contributed by atoms with E-state index in [9.17, 15) is 5.21 Å². The van der Waals surface area contributed by atoms with Gasteiger partial charge in [0.05, 0.1) is 6.20 Å². The van der Waals surface area contributed by atoms with Gasteiger partial charge in [0.2, 0.25) is 0 Å². The molecule has 0 radical (unpaired) electrons. The molecule has 0 aliphatic heterocycles. The molecule has 0 unspecified atom stereocenters. The van der Waals surface area contributed by atoms with E-state index < -0.39 is 0 Å². The Labute approximate surface area is 68.0 Å². The van der Waals surface area contributed by atoms with Crippen molar-refractivity contribution >= 4 is 11.5 Å². The summed E-state index contributed by atoms with van der Waals surface area (Å²) in [5.74, 6) is 0.102. The van der Waals surface area contributed by atoms with Crippen LogP contribution in [0.5, 0.6) is 0 Å². The molecule has 12 heavy (non-hydrogen) atoms. The predicted octanol–water partition coefficient (Wildman–Crippen LogP) is 1.03. The van der Waals surface area contributed by atoms with Gasteiger partial charge < -0.3 is 10.4 Å². The van der Waals surface area contributed by atoms with Gasteiger partial charge in [-0.25, -0.2) is 4.98 Å². The first kappa shape index (κ1) is 7.08. The summed E-state index contributed by atoms with van der Waals surface area (Å²) in [6, 6.07) is 5.30. The smallest absolute Gasteiger partial charge is 0.146 e. The number of nitrogens with zero attached hydrogens (tertiary/aromatic N) is 3. The molecular weight excluding hydrogens is 158 g/mol. The summed E-state index contributed by atoms with van der Waals surface area (Å²) >= 11 is 0. The fourth-order valence-corrected chi connectivity index (χ4v) is 1.06. The third-order valence-corrected chi connectivity index (χ3v) is 1.59. The Morgan fingerprint density at radius 3 is 3.08 bits per heavy atom. The van der Waals surface area contributed by atoms with E-state index in [-0.39, 0.29) is 11.0 Å². The van der Waals surface area contributed by atoms with Crippen molar-refractivity contribution in [3.05, 3.63) is 35.8 Å². The predicted molar refractivity (Wildman–Crippen MR) is 42.8 cm³/mol. The fourth-order valence-electron chi connectivity index (χ4n) is 1.06. The van der Waals surface area contributed by atoms with Crippen molar-refractivity contribution in [2.45, 2.75) is 0 Å². The Balaban J connectivity index is 2.70. The number of pyridine rings is 1. The molecule has 2 heterocycles. The summed E-state index contributed by atoms with van der Waals surface area (Å²) in [6.45, 7) is 0. The minimum atomic E-state index is -0.208. The van der Waals surface area contributed by atoms with Gasteiger partial charge in [-0.1, -0.05) is 6.07 Å². The van der Waals surface area contributed by atoms with E-state index >= 15 is 0 Å². The topological polar surface area (TPSA) is 63.8 Å². The second-order valence-corrected chi connectivity index (χ2v) is 2.32. The third-order valence-electron chi connectivity index (χ3n) is 1.59. The van der Waals surface area contributed by atoms with Gasteiger partial charge in [-0.15, -0.1) is 0 Å². The maximum Gasteiger partial charge on any atom is 0.146 e. The molecule has 2 aromatic rings. The minimum Gasteiger partial charge on any atom is -0.732 e. The highest BCUT2D eigenvalue weighted by molar-refractivity contribution is 5.50. The van der Waals surface area contributed by atoms with Crippen LogP contribution in [-0.4, -0.2) is 14.6 Å². The quantitative estimate of drug-likeness (QED) is 0.639. The van der Waals surface area contributed by atoms with Crippen molar-refractivity contribution in [2.24, 2.45) is 0 Å². The van der Waals surface area contributed by atoms with Gasteiger partial charge in [-0.05, 0) is 12.1 Å². The van der Waals surface area contributed by atoms with Crippen LogP contribution >= 0.6 is 0 Å². The van der Waals surface area contributed by atoms with Crippen molar-refractivity contribution in [3.8, 4) is 0 Å². The zero-order chi connectivity index (χ0) is 8.55. The van der Waals surface area contributed by atoms with Crippen LogP contribution in [0.2, 0.25) is 0 Å². The average Bonchev–Trinajstić information content (AvgIpc) is 2.47. The number of anilines is 1. The van der Waals surface area contributed by atoms with Gasteiger partial charge in [0.1, 0.15) is 11.5 Å². The highest BCUT2D eigenvalue weighted by Gasteiger charge is 2.00. The molecule has 5 heteroatoms. The molecular formula is C7H6N3O2-. The van der Waals surface area contributed by atoms with Crippen molar-refractivity contribution in [2.75, 3.05) is 5.23 Å². The van der Waals surface area contributed by atoms with Gasteiger partial charge in [-0.2, -0.15) is 0 Å². The lowest BCUT2D eigenvalue weighted by molar-refractivity contribution is 0.292. The molecule has 0 atom stereocenters. The molecule has 0 amide bonds. The molecule has 2 rings (SSSR count). The summed E-state index contributed by atoms with van der Waals surface area (Å²) in [7, 11) is 0. The molecule has 1 N–H and O–H groups in total. The second kappa shape index (κ2) is 2.47. The molecule has 2 aromatic heterocycles. The molecule has 0 spiro atoms. The molecule has 0 saturated carbocycles. The highest BCUT2D eigenvalue weighted by atomic mass is 16.8. The number of imidazole rings is 1. The Morgan fingerprint density at radius 2 is 2.33 bits per heavy atom. The van der Waals surface area contributed by atoms with E-state index in [4.69, 9.17) is 5.21 Å². The molecule has 0 aliphatic rings. The molecule has 0 bridgehead atoms. The lowest BCUT2D eigenvalue weighted by Gasteiger charge is -2.19. The second-order valence-electron chi connectivity index (χ2n) is 2.32. The minimum absolute atomic E-state index is 0.102. The first-order valence-corrected chi connectivity index (χ1v) is 3.37. The van der Waals surface area contributed by atoms with Crippen LogP contribution in [0, 0.1) is 5.21 Å². The Hall–Kier alpha value is -1.59. The van der Waals surface area contributed by atoms with E-state index in [1.165, 1.54) is 10.6 Å². The van der Waals surface area contributed by atoms with Crippen molar-refractivity contribution in [3.63, 3.8) is 0 Å². The van der Waals surface area contributed by atoms with Crippen molar-refractivity contribution in [1.82, 2.24) is 9.38 Å². The zero-order valence-corrected chi connectivity index (χ0v) is 6.08. The van der Waals surface area contributed by atoms with Gasteiger partial charge in [0, 0.05) is 6.20 Å². The molecule has 62 valence electrons. The number of hydrogen-bond acceptors (Lipinski definition) is 4. The Kier molecular flexibility index (Phi) is 1.46. The summed E-state index contributed by atoms with van der Waals surface area (Å²) in [4.78, 5) is 3.90. The first-order chi connectivity index (χ1) is 5.79. The summed E-state index contributed by atoms with van der Waals surface area (Å²) in [5.41, 5.74) is 0.627. The Morgan fingerprint density at radius 1 is 1.50 bits per heavy atom. The monoisotopic (exact) mass is 164 g/mol. The van der Waals surface area contributed by atoms with Gasteiger partial charge in [0.15, 0.2) is 0 Å². The largest absolute Gasteiger partial charge is 0.732 e. The lowest BCUT2D eigenvalue weighted by atomic mass is 10.5.